The van der Waals surface area contributed by atoms with Crippen LogP contribution >= 0.6 is 0 Å². The number of nitrogens with zero attached hydrogens (tertiary/aromatic N) is 1. The molecule has 0 radical (unpaired) electrons. The van der Waals surface area contributed by atoms with Gasteiger partial charge in [0, 0.05) is 13.2 Å². The quantitative estimate of drug-likeness (QED) is 0.671. The van der Waals surface area contributed by atoms with Gasteiger partial charge in [0.2, 0.25) is 6.29 Å². The molecular weight excluding hydrogens is 184 g/mol. The molecule has 1 aromatic heterocycles. The van der Waals surface area contributed by atoms with Crippen LogP contribution in [0, 0.1) is 0 Å². The molecule has 0 saturated heterocycles. The Bertz CT molecular complexity index is 256. The van der Waals surface area contributed by atoms with Crippen molar-refractivity contribution >= 4 is 0 Å². The molecule has 2 N–H and O–H groups in total. The zero-order valence-electron chi connectivity index (χ0n) is 8.49. The molecule has 0 amide bonds. The maximum absolute atomic E-state index is 8.84. The predicted octanol–water partition coefficient (Wildman–Crippen LogP) is 0.974. The van der Waals surface area contributed by atoms with Crippen molar-refractivity contribution in [3.8, 4) is 0 Å². The molecule has 0 unspecified atom stereocenters. The molecule has 0 atom stereocenters. The maximum atomic E-state index is 8.84. The highest BCUT2D eigenvalue weighted by Gasteiger charge is 2.14. The first-order valence-corrected chi connectivity index (χ1v) is 4.70. The Kier molecular flexibility index (Phi) is 4.58. The normalized spacial score (nSPS) is 11.1. The van der Waals surface area contributed by atoms with Gasteiger partial charge in [0.15, 0.2) is 0 Å². The van der Waals surface area contributed by atoms with Crippen molar-refractivity contribution in [2.24, 2.45) is 0 Å². The lowest BCUT2D eigenvalue weighted by Gasteiger charge is -2.13. The van der Waals surface area contributed by atoms with Crippen LogP contribution in [0.5, 0.6) is 0 Å². The molecule has 0 aliphatic rings. The van der Waals surface area contributed by atoms with E-state index in [9.17, 15) is 0 Å². The summed E-state index contributed by atoms with van der Waals surface area (Å²) in [7, 11) is 0. The summed E-state index contributed by atoms with van der Waals surface area (Å²) in [6, 6.07) is 1.73. The zero-order chi connectivity index (χ0) is 10.4. The van der Waals surface area contributed by atoms with Gasteiger partial charge >= 0.3 is 0 Å². The molecule has 1 rings (SSSR count). The van der Waals surface area contributed by atoms with Crippen molar-refractivity contribution in [2.45, 2.75) is 26.7 Å². The van der Waals surface area contributed by atoms with Crippen molar-refractivity contribution in [3.05, 3.63) is 17.5 Å². The number of rotatable bonds is 6. The molecule has 5 nitrogen and oxygen atoms in total. The first-order valence-electron chi connectivity index (χ1n) is 4.70. The minimum absolute atomic E-state index is 0.0576. The van der Waals surface area contributed by atoms with Crippen molar-refractivity contribution < 1.29 is 14.6 Å². The molecule has 0 bridgehead atoms. The maximum Gasteiger partial charge on any atom is 0.202 e. The summed E-state index contributed by atoms with van der Waals surface area (Å²) in [5, 5.41) is 15.5. The summed E-state index contributed by atoms with van der Waals surface area (Å²) >= 11 is 0. The van der Waals surface area contributed by atoms with E-state index in [1.165, 1.54) is 0 Å². The van der Waals surface area contributed by atoms with E-state index in [0.29, 0.717) is 24.6 Å². The molecule has 5 heteroatoms. The fraction of sp³-hybridized carbons (Fsp3) is 0.667. The second kappa shape index (κ2) is 5.74. The van der Waals surface area contributed by atoms with E-state index < -0.39 is 6.29 Å². The third-order valence-corrected chi connectivity index (χ3v) is 1.70. The molecule has 0 aliphatic heterocycles. The number of aromatic amines is 1. The van der Waals surface area contributed by atoms with E-state index in [1.54, 1.807) is 6.07 Å². The van der Waals surface area contributed by atoms with Gasteiger partial charge in [-0.2, -0.15) is 5.10 Å². The van der Waals surface area contributed by atoms with Crippen molar-refractivity contribution in [3.63, 3.8) is 0 Å². The van der Waals surface area contributed by atoms with E-state index in [-0.39, 0.29) is 6.61 Å². The number of nitrogens with one attached hydrogen (secondary N) is 1. The summed E-state index contributed by atoms with van der Waals surface area (Å²) in [5.41, 5.74) is 1.32. The third kappa shape index (κ3) is 2.80. The lowest BCUT2D eigenvalue weighted by molar-refractivity contribution is -0.142. The van der Waals surface area contributed by atoms with Gasteiger partial charge in [-0.15, -0.1) is 0 Å². The molecule has 0 aliphatic carbocycles. The Labute approximate surface area is 83.0 Å². The van der Waals surface area contributed by atoms with Crippen LogP contribution in [0.25, 0.3) is 0 Å². The fourth-order valence-electron chi connectivity index (χ4n) is 1.10. The van der Waals surface area contributed by atoms with E-state index in [2.05, 4.69) is 10.2 Å². The van der Waals surface area contributed by atoms with E-state index >= 15 is 0 Å². The van der Waals surface area contributed by atoms with Crippen LogP contribution in [0.1, 0.15) is 31.5 Å². The van der Waals surface area contributed by atoms with Gasteiger partial charge in [0.25, 0.3) is 0 Å². The molecular formula is C9H16N2O3. The Morgan fingerprint density at radius 1 is 1.43 bits per heavy atom. The van der Waals surface area contributed by atoms with Crippen molar-refractivity contribution in [1.82, 2.24) is 10.2 Å². The van der Waals surface area contributed by atoms with E-state index in [0.717, 1.165) is 0 Å². The average Bonchev–Trinajstić information content (AvgIpc) is 2.65. The Morgan fingerprint density at radius 2 is 2.07 bits per heavy atom. The van der Waals surface area contributed by atoms with Crippen LogP contribution < -0.4 is 0 Å². The smallest absolute Gasteiger partial charge is 0.202 e. The number of H-pyrrole nitrogens is 1. The molecule has 1 heterocycles. The lowest BCUT2D eigenvalue weighted by atomic mass is 10.3. The number of ether oxygens (including phenoxy) is 2. The number of aromatic nitrogens is 2. The first-order chi connectivity index (χ1) is 6.81. The van der Waals surface area contributed by atoms with Gasteiger partial charge in [0.05, 0.1) is 12.3 Å². The molecule has 0 aromatic carbocycles. The minimum Gasteiger partial charge on any atom is -0.390 e. The van der Waals surface area contributed by atoms with Gasteiger partial charge in [-0.3, -0.25) is 5.10 Å². The zero-order valence-corrected chi connectivity index (χ0v) is 8.49. The summed E-state index contributed by atoms with van der Waals surface area (Å²) in [5.74, 6) is 0. The predicted molar refractivity (Wildman–Crippen MR) is 50.5 cm³/mol. The number of hydrogen-bond acceptors (Lipinski definition) is 4. The van der Waals surface area contributed by atoms with Gasteiger partial charge in [-0.25, -0.2) is 0 Å². The van der Waals surface area contributed by atoms with Crippen LogP contribution in [0.4, 0.5) is 0 Å². The Morgan fingerprint density at radius 3 is 2.50 bits per heavy atom. The average molecular weight is 200 g/mol. The molecule has 0 saturated carbocycles. The summed E-state index contributed by atoms with van der Waals surface area (Å²) < 4.78 is 10.7. The van der Waals surface area contributed by atoms with Gasteiger partial charge < -0.3 is 14.6 Å². The highest BCUT2D eigenvalue weighted by Crippen LogP contribution is 2.17. The van der Waals surface area contributed by atoms with Crippen LogP contribution in [-0.4, -0.2) is 28.5 Å². The minimum atomic E-state index is -0.443. The number of aliphatic hydroxyl groups excluding tert-OH is 1. The highest BCUT2D eigenvalue weighted by atomic mass is 16.7. The molecule has 14 heavy (non-hydrogen) atoms. The Hall–Kier alpha value is -0.910. The topological polar surface area (TPSA) is 67.4 Å². The largest absolute Gasteiger partial charge is 0.390 e. The van der Waals surface area contributed by atoms with Gasteiger partial charge in [-0.05, 0) is 19.9 Å². The SMILES string of the molecule is CCOC(OCC)c1cc(CO)[nH]n1. The monoisotopic (exact) mass is 200 g/mol. The number of aliphatic hydroxyl groups is 1. The summed E-state index contributed by atoms with van der Waals surface area (Å²) in [4.78, 5) is 0. The molecule has 1 aromatic rings. The molecule has 0 fully saturated rings. The van der Waals surface area contributed by atoms with Gasteiger partial charge in [-0.1, -0.05) is 0 Å². The van der Waals surface area contributed by atoms with Crippen molar-refractivity contribution in [2.75, 3.05) is 13.2 Å². The van der Waals surface area contributed by atoms with Crippen LogP contribution in [0.2, 0.25) is 0 Å². The fourth-order valence-corrected chi connectivity index (χ4v) is 1.10. The van der Waals surface area contributed by atoms with Crippen LogP contribution in [-0.2, 0) is 16.1 Å². The van der Waals surface area contributed by atoms with E-state index in [1.807, 2.05) is 13.8 Å². The second-order valence-corrected chi connectivity index (χ2v) is 2.72. The van der Waals surface area contributed by atoms with E-state index in [4.69, 9.17) is 14.6 Å². The van der Waals surface area contributed by atoms with Crippen LogP contribution in [0.3, 0.4) is 0 Å². The molecule has 80 valence electrons. The Balaban J connectivity index is 2.65. The summed E-state index contributed by atoms with van der Waals surface area (Å²) in [6.45, 7) is 4.85. The molecule has 0 spiro atoms. The highest BCUT2D eigenvalue weighted by molar-refractivity contribution is 5.08. The third-order valence-electron chi connectivity index (χ3n) is 1.70. The first kappa shape index (κ1) is 11.2. The summed E-state index contributed by atoms with van der Waals surface area (Å²) in [6.07, 6.45) is -0.443. The lowest BCUT2D eigenvalue weighted by Crippen LogP contribution is -2.09. The number of hydrogen-bond donors (Lipinski definition) is 2. The second-order valence-electron chi connectivity index (χ2n) is 2.72. The van der Waals surface area contributed by atoms with Gasteiger partial charge in [0.1, 0.15) is 5.69 Å². The van der Waals surface area contributed by atoms with Crippen LogP contribution in [0.15, 0.2) is 6.07 Å². The standard InChI is InChI=1S/C9H16N2O3/c1-3-13-9(14-4-2)8-5-7(6-12)10-11-8/h5,9,12H,3-4,6H2,1-2H3,(H,10,11). The van der Waals surface area contributed by atoms with Crippen molar-refractivity contribution in [1.29, 1.82) is 0 Å².